The summed E-state index contributed by atoms with van der Waals surface area (Å²) in [6, 6.07) is 3.66. The number of thioether (sulfide) groups is 1. The van der Waals surface area contributed by atoms with Crippen molar-refractivity contribution >= 4 is 29.0 Å². The smallest absolute Gasteiger partial charge is 0.275 e. The molecule has 0 aliphatic carbocycles. The molecule has 2 heterocycles. The number of amides is 1. The Kier molecular flexibility index (Phi) is 3.77. The summed E-state index contributed by atoms with van der Waals surface area (Å²) in [6.45, 7) is 1.85. The minimum Gasteiger partial charge on any atom is -0.289 e. The maximum absolute atomic E-state index is 11.2. The molecule has 0 aliphatic rings. The summed E-state index contributed by atoms with van der Waals surface area (Å²) in [4.78, 5) is 17.1. The van der Waals surface area contributed by atoms with Crippen LogP contribution in [0.4, 0.5) is 0 Å². The minimum absolute atomic E-state index is 0.264. The predicted octanol–water partition coefficient (Wildman–Crippen LogP) is 1.07. The number of aromatic nitrogens is 3. The van der Waals surface area contributed by atoms with Crippen molar-refractivity contribution in [3.05, 3.63) is 27.7 Å². The van der Waals surface area contributed by atoms with Crippen LogP contribution in [0.15, 0.2) is 17.3 Å². The SMILES string of the molecule is Cc1nc(SCc2ccc(C(=O)NN)s2)n[nH]1. The zero-order valence-electron chi connectivity index (χ0n) is 9.06. The predicted molar refractivity (Wildman–Crippen MR) is 66.7 cm³/mol. The number of aryl methyl sites for hydroxylation is 1. The van der Waals surface area contributed by atoms with Crippen LogP contribution in [0.5, 0.6) is 0 Å². The third kappa shape index (κ3) is 3.05. The highest BCUT2D eigenvalue weighted by Gasteiger charge is 2.08. The van der Waals surface area contributed by atoms with Crippen LogP contribution in [0.25, 0.3) is 0 Å². The number of thiophene rings is 1. The molecule has 0 spiro atoms. The summed E-state index contributed by atoms with van der Waals surface area (Å²) in [7, 11) is 0. The molecule has 1 amide bonds. The first-order valence-electron chi connectivity index (χ1n) is 4.80. The standard InChI is InChI=1S/C9H11N5OS2/c1-5-11-9(14-13-5)16-4-6-2-3-7(17-6)8(15)12-10/h2-3H,4,10H2,1H3,(H,12,15)(H,11,13,14). The van der Waals surface area contributed by atoms with Crippen LogP contribution in [0, 0.1) is 6.92 Å². The van der Waals surface area contributed by atoms with Gasteiger partial charge in [-0.1, -0.05) is 11.8 Å². The van der Waals surface area contributed by atoms with E-state index in [1.54, 1.807) is 6.07 Å². The largest absolute Gasteiger partial charge is 0.289 e. The Labute approximate surface area is 106 Å². The summed E-state index contributed by atoms with van der Waals surface area (Å²) in [5, 5.41) is 7.51. The van der Waals surface area contributed by atoms with Gasteiger partial charge in [-0.3, -0.25) is 15.3 Å². The topological polar surface area (TPSA) is 96.7 Å². The molecule has 0 fully saturated rings. The molecule has 0 atom stereocenters. The first-order valence-corrected chi connectivity index (χ1v) is 6.60. The van der Waals surface area contributed by atoms with Gasteiger partial charge in [0.15, 0.2) is 0 Å². The number of nitrogens with zero attached hydrogens (tertiary/aromatic N) is 2. The van der Waals surface area contributed by atoms with Gasteiger partial charge in [0.1, 0.15) is 5.82 Å². The zero-order chi connectivity index (χ0) is 12.3. The zero-order valence-corrected chi connectivity index (χ0v) is 10.7. The average Bonchev–Trinajstić information content (AvgIpc) is 2.94. The number of rotatable bonds is 4. The van der Waals surface area contributed by atoms with Gasteiger partial charge in [0.05, 0.1) is 4.88 Å². The summed E-state index contributed by atoms with van der Waals surface area (Å²) in [6.07, 6.45) is 0. The highest BCUT2D eigenvalue weighted by atomic mass is 32.2. The number of nitrogens with two attached hydrogens (primary N) is 1. The molecule has 0 saturated heterocycles. The van der Waals surface area contributed by atoms with Gasteiger partial charge >= 0.3 is 0 Å². The summed E-state index contributed by atoms with van der Waals surface area (Å²) < 4.78 is 0. The molecule has 2 aromatic rings. The van der Waals surface area contributed by atoms with Crippen molar-refractivity contribution in [2.75, 3.05) is 0 Å². The molecule has 0 aromatic carbocycles. The van der Waals surface area contributed by atoms with E-state index in [0.29, 0.717) is 10.0 Å². The Morgan fingerprint density at radius 2 is 2.47 bits per heavy atom. The number of hydrogen-bond donors (Lipinski definition) is 3. The van der Waals surface area contributed by atoms with E-state index in [9.17, 15) is 4.79 Å². The Hall–Kier alpha value is -1.38. The van der Waals surface area contributed by atoms with Crippen LogP contribution in [-0.2, 0) is 5.75 Å². The molecule has 2 aromatic heterocycles. The number of nitrogen functional groups attached to an aromatic ring is 1. The lowest BCUT2D eigenvalue weighted by atomic mass is 10.4. The van der Waals surface area contributed by atoms with Crippen molar-refractivity contribution in [1.29, 1.82) is 0 Å². The Morgan fingerprint density at radius 3 is 3.12 bits per heavy atom. The monoisotopic (exact) mass is 269 g/mol. The Morgan fingerprint density at radius 1 is 1.65 bits per heavy atom. The highest BCUT2D eigenvalue weighted by Crippen LogP contribution is 2.24. The number of H-pyrrole nitrogens is 1. The fourth-order valence-corrected chi connectivity index (χ4v) is 2.97. The fourth-order valence-electron chi connectivity index (χ4n) is 1.17. The van der Waals surface area contributed by atoms with Crippen LogP contribution in [0.3, 0.4) is 0 Å². The number of hydrogen-bond acceptors (Lipinski definition) is 6. The van der Waals surface area contributed by atoms with E-state index in [1.165, 1.54) is 23.1 Å². The summed E-state index contributed by atoms with van der Waals surface area (Å²) in [5.41, 5.74) is 2.11. The van der Waals surface area contributed by atoms with Gasteiger partial charge in [-0.25, -0.2) is 10.8 Å². The maximum atomic E-state index is 11.2. The molecule has 0 unspecified atom stereocenters. The van der Waals surface area contributed by atoms with Crippen LogP contribution < -0.4 is 11.3 Å². The van der Waals surface area contributed by atoms with E-state index in [2.05, 4.69) is 20.6 Å². The first-order chi connectivity index (χ1) is 8.19. The third-order valence-corrected chi connectivity index (χ3v) is 4.10. The second kappa shape index (κ2) is 5.30. The second-order valence-electron chi connectivity index (χ2n) is 3.23. The van der Waals surface area contributed by atoms with Gasteiger partial charge in [-0.05, 0) is 19.1 Å². The molecule has 17 heavy (non-hydrogen) atoms. The van der Waals surface area contributed by atoms with E-state index in [4.69, 9.17) is 5.84 Å². The van der Waals surface area contributed by atoms with E-state index < -0.39 is 0 Å². The average molecular weight is 269 g/mol. The lowest BCUT2D eigenvalue weighted by Crippen LogP contribution is -2.29. The summed E-state index contributed by atoms with van der Waals surface area (Å²) in [5.74, 6) is 6.32. The quantitative estimate of drug-likeness (QED) is 0.334. The third-order valence-electron chi connectivity index (χ3n) is 1.94. The Bertz CT molecular complexity index is 521. The number of nitrogens with one attached hydrogen (secondary N) is 2. The number of hydrazine groups is 1. The first kappa shape index (κ1) is 12.1. The number of carbonyl (C=O) groups is 1. The minimum atomic E-state index is -0.264. The van der Waals surface area contributed by atoms with Gasteiger partial charge in [-0.15, -0.1) is 16.4 Å². The normalized spacial score (nSPS) is 10.5. The van der Waals surface area contributed by atoms with Crippen LogP contribution in [0.2, 0.25) is 0 Å². The summed E-state index contributed by atoms with van der Waals surface area (Å²) >= 11 is 2.93. The molecular formula is C9H11N5OS2. The molecule has 0 radical (unpaired) electrons. The molecule has 8 heteroatoms. The van der Waals surface area contributed by atoms with Gasteiger partial charge in [0, 0.05) is 10.6 Å². The molecule has 0 saturated carbocycles. The van der Waals surface area contributed by atoms with Crippen molar-refractivity contribution in [2.24, 2.45) is 5.84 Å². The van der Waals surface area contributed by atoms with Crippen molar-refractivity contribution in [2.45, 2.75) is 17.8 Å². The van der Waals surface area contributed by atoms with Crippen molar-refractivity contribution in [1.82, 2.24) is 20.6 Å². The number of aromatic amines is 1. The molecule has 90 valence electrons. The van der Waals surface area contributed by atoms with E-state index >= 15 is 0 Å². The molecule has 4 N–H and O–H groups in total. The highest BCUT2D eigenvalue weighted by molar-refractivity contribution is 7.98. The lowest BCUT2D eigenvalue weighted by molar-refractivity contribution is 0.0957. The van der Waals surface area contributed by atoms with Crippen molar-refractivity contribution in [3.8, 4) is 0 Å². The van der Waals surface area contributed by atoms with Gasteiger partial charge in [0.2, 0.25) is 5.16 Å². The van der Waals surface area contributed by atoms with Crippen LogP contribution in [-0.4, -0.2) is 21.1 Å². The van der Waals surface area contributed by atoms with Crippen LogP contribution >= 0.6 is 23.1 Å². The lowest BCUT2D eigenvalue weighted by Gasteiger charge is -1.94. The number of carbonyl (C=O) groups excluding carboxylic acids is 1. The van der Waals surface area contributed by atoms with Gasteiger partial charge < -0.3 is 0 Å². The van der Waals surface area contributed by atoms with E-state index in [1.807, 2.05) is 13.0 Å². The molecule has 6 nitrogen and oxygen atoms in total. The fraction of sp³-hybridized carbons (Fsp3) is 0.222. The Balaban J connectivity index is 1.95. The molecule has 2 rings (SSSR count). The maximum Gasteiger partial charge on any atom is 0.275 e. The molecule has 0 aliphatic heterocycles. The van der Waals surface area contributed by atoms with Gasteiger partial charge in [-0.2, -0.15) is 0 Å². The van der Waals surface area contributed by atoms with Crippen LogP contribution in [0.1, 0.15) is 20.4 Å². The molecular weight excluding hydrogens is 258 g/mol. The van der Waals surface area contributed by atoms with E-state index in [-0.39, 0.29) is 5.91 Å². The molecule has 0 bridgehead atoms. The second-order valence-corrected chi connectivity index (χ2v) is 5.34. The van der Waals surface area contributed by atoms with E-state index in [0.717, 1.165) is 16.5 Å². The van der Waals surface area contributed by atoms with Crippen molar-refractivity contribution < 1.29 is 4.79 Å². The van der Waals surface area contributed by atoms with Crippen molar-refractivity contribution in [3.63, 3.8) is 0 Å². The van der Waals surface area contributed by atoms with Gasteiger partial charge in [0.25, 0.3) is 5.91 Å².